The quantitative estimate of drug-likeness (QED) is 0.479. The van der Waals surface area contributed by atoms with Gasteiger partial charge in [0.1, 0.15) is 28.4 Å². The number of nitriles is 1. The van der Waals surface area contributed by atoms with Crippen molar-refractivity contribution in [2.24, 2.45) is 0 Å². The number of ether oxygens (including phenoxy) is 1. The van der Waals surface area contributed by atoms with Crippen LogP contribution in [0.4, 0.5) is 22.0 Å². The van der Waals surface area contributed by atoms with Gasteiger partial charge < -0.3 is 9.30 Å². The third-order valence-corrected chi connectivity index (χ3v) is 6.30. The molecule has 0 unspecified atom stereocenters. The van der Waals surface area contributed by atoms with Crippen LogP contribution in [0, 0.1) is 11.3 Å². The van der Waals surface area contributed by atoms with Gasteiger partial charge >= 0.3 is 12.8 Å². The number of benzene rings is 1. The van der Waals surface area contributed by atoms with Crippen LogP contribution < -0.4 is 9.46 Å². The number of halogens is 5. The van der Waals surface area contributed by atoms with Crippen molar-refractivity contribution >= 4 is 20.9 Å². The summed E-state index contributed by atoms with van der Waals surface area (Å²) < 4.78 is 95.6. The number of hydrogen-bond acceptors (Lipinski definition) is 6. The first-order chi connectivity index (χ1) is 15.8. The van der Waals surface area contributed by atoms with Gasteiger partial charge in [-0.05, 0) is 32.9 Å². The SMILES string of the molecule is CC(C)n1c(-c2ncc(S(=O)(=O)N[C@@H](C)C(F)(F)F)cn2)c(C#N)c2ccc(OC(F)F)cc21. The van der Waals surface area contributed by atoms with Gasteiger partial charge in [0.25, 0.3) is 0 Å². The van der Waals surface area contributed by atoms with Crippen molar-refractivity contribution in [3.63, 3.8) is 0 Å². The third kappa shape index (κ3) is 4.95. The minimum Gasteiger partial charge on any atom is -0.435 e. The van der Waals surface area contributed by atoms with E-state index in [9.17, 15) is 35.6 Å². The van der Waals surface area contributed by atoms with E-state index in [0.29, 0.717) is 17.8 Å². The second-order valence-electron chi connectivity index (χ2n) is 7.48. The molecule has 0 aliphatic heterocycles. The second-order valence-corrected chi connectivity index (χ2v) is 9.20. The number of alkyl halides is 5. The van der Waals surface area contributed by atoms with Crippen LogP contribution in [0.3, 0.4) is 0 Å². The highest BCUT2D eigenvalue weighted by Crippen LogP contribution is 2.36. The van der Waals surface area contributed by atoms with Crippen LogP contribution in [0.5, 0.6) is 5.75 Å². The van der Waals surface area contributed by atoms with Crippen LogP contribution >= 0.6 is 0 Å². The Bertz CT molecular complexity index is 1350. The standard InChI is InChI=1S/C20H18F5N5O3S/c1-10(2)30-16-6-12(33-19(21)22)4-5-14(16)15(7-26)17(30)18-27-8-13(9-28-18)34(31,32)29-11(3)20(23,24)25/h4-6,8-11,19,29H,1-3H3/t11-/m0/s1. The summed E-state index contributed by atoms with van der Waals surface area (Å²) >= 11 is 0. The van der Waals surface area contributed by atoms with E-state index in [1.54, 1.807) is 18.4 Å². The molecule has 0 aliphatic rings. The largest absolute Gasteiger partial charge is 0.435 e. The van der Waals surface area contributed by atoms with E-state index in [-0.39, 0.29) is 28.9 Å². The predicted molar refractivity (Wildman–Crippen MR) is 111 cm³/mol. The number of nitrogens with zero attached hydrogens (tertiary/aromatic N) is 4. The highest BCUT2D eigenvalue weighted by molar-refractivity contribution is 7.89. The van der Waals surface area contributed by atoms with E-state index in [1.165, 1.54) is 22.9 Å². The molecule has 14 heteroatoms. The molecule has 1 aromatic carbocycles. The Morgan fingerprint density at radius 1 is 1.15 bits per heavy atom. The maximum absolute atomic E-state index is 12.7. The number of rotatable bonds is 7. The van der Waals surface area contributed by atoms with Crippen molar-refractivity contribution < 1.29 is 35.1 Å². The fourth-order valence-electron chi connectivity index (χ4n) is 3.28. The molecule has 0 spiro atoms. The fourth-order valence-corrected chi connectivity index (χ4v) is 4.40. The first kappa shape index (κ1) is 25.3. The molecule has 34 heavy (non-hydrogen) atoms. The van der Waals surface area contributed by atoms with Crippen molar-refractivity contribution in [2.45, 2.75) is 50.5 Å². The first-order valence-electron chi connectivity index (χ1n) is 9.70. The second kappa shape index (κ2) is 9.15. The van der Waals surface area contributed by atoms with Gasteiger partial charge in [-0.1, -0.05) is 0 Å². The molecule has 8 nitrogen and oxygen atoms in total. The minimum atomic E-state index is -4.79. The van der Waals surface area contributed by atoms with Crippen LogP contribution in [-0.4, -0.2) is 41.8 Å². The lowest BCUT2D eigenvalue weighted by Crippen LogP contribution is -2.43. The van der Waals surface area contributed by atoms with Gasteiger partial charge in [0, 0.05) is 17.5 Å². The Morgan fingerprint density at radius 3 is 2.26 bits per heavy atom. The summed E-state index contributed by atoms with van der Waals surface area (Å²) in [5, 5.41) is 10.2. The van der Waals surface area contributed by atoms with Crippen molar-refractivity contribution in [2.75, 3.05) is 0 Å². The number of sulfonamides is 1. The number of nitrogens with one attached hydrogen (secondary N) is 1. The van der Waals surface area contributed by atoms with E-state index in [2.05, 4.69) is 14.7 Å². The van der Waals surface area contributed by atoms with Crippen LogP contribution in [0.25, 0.3) is 22.4 Å². The molecule has 0 saturated heterocycles. The number of aromatic nitrogens is 3. The zero-order chi connectivity index (χ0) is 25.4. The third-order valence-electron chi connectivity index (χ3n) is 4.80. The smallest absolute Gasteiger partial charge is 0.404 e. The molecule has 0 bridgehead atoms. The van der Waals surface area contributed by atoms with Gasteiger partial charge in [-0.25, -0.2) is 18.4 Å². The van der Waals surface area contributed by atoms with Gasteiger partial charge in [-0.2, -0.15) is 31.9 Å². The van der Waals surface area contributed by atoms with Crippen molar-refractivity contribution in [3.8, 4) is 23.3 Å². The summed E-state index contributed by atoms with van der Waals surface area (Å²) in [5.41, 5.74) is 0.662. The normalized spacial score (nSPS) is 13.4. The Morgan fingerprint density at radius 2 is 1.76 bits per heavy atom. The summed E-state index contributed by atoms with van der Waals surface area (Å²) in [6.07, 6.45) is -3.15. The fraction of sp³-hybridized carbons (Fsp3) is 0.350. The topological polar surface area (TPSA) is 110 Å². The van der Waals surface area contributed by atoms with Crippen LogP contribution in [-0.2, 0) is 10.0 Å². The number of hydrogen-bond donors (Lipinski definition) is 1. The van der Waals surface area contributed by atoms with Gasteiger partial charge in [0.15, 0.2) is 5.82 Å². The highest BCUT2D eigenvalue weighted by atomic mass is 32.2. The molecule has 3 aromatic rings. The average molecular weight is 503 g/mol. The monoisotopic (exact) mass is 503 g/mol. The maximum Gasteiger partial charge on any atom is 0.404 e. The van der Waals surface area contributed by atoms with E-state index >= 15 is 0 Å². The maximum atomic E-state index is 12.7. The molecule has 0 amide bonds. The van der Waals surface area contributed by atoms with Crippen molar-refractivity contribution in [1.82, 2.24) is 19.3 Å². The molecule has 1 N–H and O–H groups in total. The summed E-state index contributed by atoms with van der Waals surface area (Å²) in [4.78, 5) is 7.33. The van der Waals surface area contributed by atoms with E-state index in [4.69, 9.17) is 0 Å². The molecule has 0 fully saturated rings. The lowest BCUT2D eigenvalue weighted by atomic mass is 10.1. The van der Waals surface area contributed by atoms with Gasteiger partial charge in [-0.3, -0.25) is 0 Å². The molecule has 3 rings (SSSR count). The summed E-state index contributed by atoms with van der Waals surface area (Å²) in [6, 6.07) is 3.38. The summed E-state index contributed by atoms with van der Waals surface area (Å²) in [7, 11) is -4.58. The van der Waals surface area contributed by atoms with Crippen molar-refractivity contribution in [1.29, 1.82) is 5.26 Å². The highest BCUT2D eigenvalue weighted by Gasteiger charge is 2.39. The zero-order valence-corrected chi connectivity index (χ0v) is 18.7. The van der Waals surface area contributed by atoms with E-state index in [1.807, 2.05) is 6.07 Å². The average Bonchev–Trinajstić information content (AvgIpc) is 3.06. The van der Waals surface area contributed by atoms with Gasteiger partial charge in [0.2, 0.25) is 10.0 Å². The van der Waals surface area contributed by atoms with Crippen LogP contribution in [0.15, 0.2) is 35.5 Å². The zero-order valence-electron chi connectivity index (χ0n) is 17.9. The molecule has 1 atom stereocenters. The van der Waals surface area contributed by atoms with Crippen molar-refractivity contribution in [3.05, 3.63) is 36.2 Å². The summed E-state index contributed by atoms with van der Waals surface area (Å²) in [6.45, 7) is 1.11. The molecular weight excluding hydrogens is 485 g/mol. The van der Waals surface area contributed by atoms with Gasteiger partial charge in [0.05, 0.1) is 23.5 Å². The van der Waals surface area contributed by atoms with Gasteiger partial charge in [-0.15, -0.1) is 0 Å². The Kier molecular flexibility index (Phi) is 6.81. The first-order valence-corrected chi connectivity index (χ1v) is 11.2. The minimum absolute atomic E-state index is 0.0828. The molecule has 0 radical (unpaired) electrons. The predicted octanol–water partition coefficient (Wildman–Crippen LogP) is 4.38. The lowest BCUT2D eigenvalue weighted by molar-refractivity contribution is -0.147. The summed E-state index contributed by atoms with van der Waals surface area (Å²) in [5.74, 6) is -0.217. The van der Waals surface area contributed by atoms with E-state index < -0.39 is 33.7 Å². The van der Waals surface area contributed by atoms with Crippen LogP contribution in [0.1, 0.15) is 32.4 Å². The molecule has 182 valence electrons. The lowest BCUT2D eigenvalue weighted by Gasteiger charge is -2.17. The molecule has 0 aliphatic carbocycles. The molecule has 0 saturated carbocycles. The molecular formula is C20H18F5N5O3S. The Labute approximate surface area is 191 Å². The number of fused-ring (bicyclic) bond motifs is 1. The molecule has 2 aromatic heterocycles. The van der Waals surface area contributed by atoms with E-state index in [0.717, 1.165) is 12.4 Å². The van der Waals surface area contributed by atoms with Crippen LogP contribution in [0.2, 0.25) is 0 Å². The Hall–Kier alpha value is -3.31. The molecule has 2 heterocycles. The Balaban J connectivity index is 2.12.